The van der Waals surface area contributed by atoms with Gasteiger partial charge in [-0.3, -0.25) is 4.79 Å². The molecule has 0 bridgehead atoms. The Hall–Kier alpha value is -2.30. The standard InChI is InChI=1S/C16H20N2O3/c1-10(2)7-15(19)18-14(16(20)21)8-11-9-17-13-6-4-3-5-12(11)13/h3-6,9-10,14,17H,7-8H2,1-2H3,(H,18,19)(H,20,21). The van der Waals surface area contributed by atoms with E-state index in [1.165, 1.54) is 0 Å². The van der Waals surface area contributed by atoms with Crippen molar-refractivity contribution >= 4 is 22.8 Å². The van der Waals surface area contributed by atoms with Gasteiger partial charge >= 0.3 is 5.97 Å². The summed E-state index contributed by atoms with van der Waals surface area (Å²) < 4.78 is 0. The third kappa shape index (κ3) is 3.84. The van der Waals surface area contributed by atoms with Gasteiger partial charge in [0.2, 0.25) is 5.91 Å². The Morgan fingerprint density at radius 2 is 2.00 bits per heavy atom. The van der Waals surface area contributed by atoms with Gasteiger partial charge in [0.05, 0.1) is 0 Å². The van der Waals surface area contributed by atoms with E-state index in [4.69, 9.17) is 0 Å². The van der Waals surface area contributed by atoms with E-state index < -0.39 is 12.0 Å². The number of aromatic nitrogens is 1. The average Bonchev–Trinajstić information content (AvgIpc) is 2.80. The number of carboxylic acid groups (broad SMARTS) is 1. The van der Waals surface area contributed by atoms with E-state index in [0.717, 1.165) is 16.5 Å². The van der Waals surface area contributed by atoms with E-state index in [9.17, 15) is 14.7 Å². The Bertz CT molecular complexity index is 646. The number of para-hydroxylation sites is 1. The first-order valence-corrected chi connectivity index (χ1v) is 7.04. The highest BCUT2D eigenvalue weighted by atomic mass is 16.4. The summed E-state index contributed by atoms with van der Waals surface area (Å²) in [4.78, 5) is 26.2. The fraction of sp³-hybridized carbons (Fsp3) is 0.375. The van der Waals surface area contributed by atoms with E-state index in [-0.39, 0.29) is 18.2 Å². The molecule has 1 amide bonds. The lowest BCUT2D eigenvalue weighted by molar-refractivity contribution is -0.141. The van der Waals surface area contributed by atoms with Crippen LogP contribution in [-0.4, -0.2) is 28.0 Å². The number of amides is 1. The van der Waals surface area contributed by atoms with Crippen LogP contribution in [0.2, 0.25) is 0 Å². The predicted molar refractivity (Wildman–Crippen MR) is 81.0 cm³/mol. The van der Waals surface area contributed by atoms with E-state index in [1.807, 2.05) is 38.1 Å². The molecule has 21 heavy (non-hydrogen) atoms. The molecule has 1 heterocycles. The summed E-state index contributed by atoms with van der Waals surface area (Å²) in [7, 11) is 0. The number of hydrogen-bond donors (Lipinski definition) is 3. The van der Waals surface area contributed by atoms with Crippen molar-refractivity contribution in [3.05, 3.63) is 36.0 Å². The number of nitrogens with one attached hydrogen (secondary N) is 2. The van der Waals surface area contributed by atoms with Crippen LogP contribution in [-0.2, 0) is 16.0 Å². The maximum absolute atomic E-state index is 11.8. The van der Waals surface area contributed by atoms with Crippen molar-refractivity contribution in [2.24, 2.45) is 5.92 Å². The number of carboxylic acids is 1. The molecule has 1 aromatic heterocycles. The number of hydrogen-bond acceptors (Lipinski definition) is 2. The Morgan fingerprint density at radius 1 is 1.29 bits per heavy atom. The zero-order valence-electron chi connectivity index (χ0n) is 12.2. The van der Waals surface area contributed by atoms with Crippen LogP contribution in [0.3, 0.4) is 0 Å². The van der Waals surface area contributed by atoms with Gasteiger partial charge < -0.3 is 15.4 Å². The van der Waals surface area contributed by atoms with Gasteiger partial charge in [0.25, 0.3) is 0 Å². The molecule has 0 aliphatic rings. The maximum Gasteiger partial charge on any atom is 0.326 e. The second-order valence-corrected chi connectivity index (χ2v) is 5.62. The third-order valence-corrected chi connectivity index (χ3v) is 3.33. The van der Waals surface area contributed by atoms with Crippen LogP contribution in [0.1, 0.15) is 25.8 Å². The first kappa shape index (κ1) is 15.1. The van der Waals surface area contributed by atoms with Crippen LogP contribution >= 0.6 is 0 Å². The zero-order chi connectivity index (χ0) is 15.4. The zero-order valence-corrected chi connectivity index (χ0v) is 12.2. The topological polar surface area (TPSA) is 82.2 Å². The minimum absolute atomic E-state index is 0.201. The lowest BCUT2D eigenvalue weighted by Gasteiger charge is -2.15. The SMILES string of the molecule is CC(C)CC(=O)NC(Cc1c[nH]c2ccccc12)C(=O)O. The van der Waals surface area contributed by atoms with Gasteiger partial charge in [-0.2, -0.15) is 0 Å². The molecule has 0 saturated heterocycles. The van der Waals surface area contributed by atoms with E-state index in [0.29, 0.717) is 6.42 Å². The van der Waals surface area contributed by atoms with Crippen molar-refractivity contribution < 1.29 is 14.7 Å². The highest BCUT2D eigenvalue weighted by molar-refractivity contribution is 5.86. The number of rotatable bonds is 6. The Labute approximate surface area is 123 Å². The van der Waals surface area contributed by atoms with Gasteiger partial charge in [0.15, 0.2) is 0 Å². The number of carbonyl (C=O) groups is 2. The summed E-state index contributed by atoms with van der Waals surface area (Å²) in [5.41, 5.74) is 1.85. The first-order chi connectivity index (χ1) is 9.97. The van der Waals surface area contributed by atoms with Crippen LogP contribution < -0.4 is 5.32 Å². The van der Waals surface area contributed by atoms with Crippen molar-refractivity contribution in [3.8, 4) is 0 Å². The van der Waals surface area contributed by atoms with Gasteiger partial charge in [-0.25, -0.2) is 4.79 Å². The maximum atomic E-state index is 11.8. The molecular weight excluding hydrogens is 268 g/mol. The summed E-state index contributed by atoms with van der Waals surface area (Å²) in [6, 6.07) is 6.80. The summed E-state index contributed by atoms with van der Waals surface area (Å²) >= 11 is 0. The monoisotopic (exact) mass is 288 g/mol. The van der Waals surface area contributed by atoms with Crippen LogP contribution in [0, 0.1) is 5.92 Å². The minimum Gasteiger partial charge on any atom is -0.480 e. The number of benzene rings is 1. The van der Waals surface area contributed by atoms with E-state index in [1.54, 1.807) is 6.20 Å². The molecule has 2 aromatic rings. The molecule has 5 nitrogen and oxygen atoms in total. The van der Waals surface area contributed by atoms with Crippen molar-refractivity contribution in [1.29, 1.82) is 0 Å². The predicted octanol–water partition coefficient (Wildman–Crippen LogP) is 2.33. The molecule has 112 valence electrons. The number of fused-ring (bicyclic) bond motifs is 1. The molecule has 2 rings (SSSR count). The number of carbonyl (C=O) groups excluding carboxylic acids is 1. The second kappa shape index (κ2) is 6.43. The van der Waals surface area contributed by atoms with E-state index in [2.05, 4.69) is 10.3 Å². The Balaban J connectivity index is 2.13. The van der Waals surface area contributed by atoms with Crippen LogP contribution in [0.4, 0.5) is 0 Å². The van der Waals surface area contributed by atoms with Crippen LogP contribution in [0.25, 0.3) is 10.9 Å². The summed E-state index contributed by atoms with van der Waals surface area (Å²) in [6.45, 7) is 3.85. The normalized spacial score (nSPS) is 12.5. The van der Waals surface area contributed by atoms with Crippen LogP contribution in [0.15, 0.2) is 30.5 Å². The average molecular weight is 288 g/mol. The molecule has 0 aliphatic carbocycles. The molecule has 0 saturated carbocycles. The number of aromatic amines is 1. The molecule has 0 spiro atoms. The molecule has 3 N–H and O–H groups in total. The smallest absolute Gasteiger partial charge is 0.326 e. The summed E-state index contributed by atoms with van der Waals surface area (Å²) in [6.07, 6.45) is 2.40. The minimum atomic E-state index is -1.02. The van der Waals surface area contributed by atoms with Crippen molar-refractivity contribution in [1.82, 2.24) is 10.3 Å². The molecule has 1 atom stereocenters. The van der Waals surface area contributed by atoms with Gasteiger partial charge in [-0.15, -0.1) is 0 Å². The molecule has 1 aromatic carbocycles. The van der Waals surface area contributed by atoms with Crippen LogP contribution in [0.5, 0.6) is 0 Å². The lowest BCUT2D eigenvalue weighted by atomic mass is 10.0. The van der Waals surface area contributed by atoms with Crippen molar-refractivity contribution in [2.75, 3.05) is 0 Å². The lowest BCUT2D eigenvalue weighted by Crippen LogP contribution is -2.42. The molecule has 0 aliphatic heterocycles. The van der Waals surface area contributed by atoms with Crippen molar-refractivity contribution in [3.63, 3.8) is 0 Å². The van der Waals surface area contributed by atoms with Gasteiger partial charge in [-0.1, -0.05) is 32.0 Å². The Morgan fingerprint density at radius 3 is 2.67 bits per heavy atom. The highest BCUT2D eigenvalue weighted by Gasteiger charge is 2.22. The molecular formula is C16H20N2O3. The fourth-order valence-electron chi connectivity index (χ4n) is 2.34. The first-order valence-electron chi connectivity index (χ1n) is 7.04. The summed E-state index contributed by atoms with van der Waals surface area (Å²) in [5, 5.41) is 12.9. The summed E-state index contributed by atoms with van der Waals surface area (Å²) in [5.74, 6) is -1.04. The van der Waals surface area contributed by atoms with Gasteiger partial charge in [0.1, 0.15) is 6.04 Å². The van der Waals surface area contributed by atoms with Gasteiger partial charge in [0, 0.05) is 29.9 Å². The fourth-order valence-corrected chi connectivity index (χ4v) is 2.34. The van der Waals surface area contributed by atoms with Gasteiger partial charge in [-0.05, 0) is 17.5 Å². The Kier molecular flexibility index (Phi) is 4.62. The number of aliphatic carboxylic acids is 1. The quantitative estimate of drug-likeness (QED) is 0.763. The van der Waals surface area contributed by atoms with E-state index >= 15 is 0 Å². The molecule has 0 radical (unpaired) electrons. The van der Waals surface area contributed by atoms with Crippen molar-refractivity contribution in [2.45, 2.75) is 32.7 Å². The largest absolute Gasteiger partial charge is 0.480 e. The number of H-pyrrole nitrogens is 1. The highest BCUT2D eigenvalue weighted by Crippen LogP contribution is 2.19. The second-order valence-electron chi connectivity index (χ2n) is 5.62. The molecule has 1 unspecified atom stereocenters. The molecule has 0 fully saturated rings. The molecule has 5 heteroatoms. The third-order valence-electron chi connectivity index (χ3n) is 3.33.